The van der Waals surface area contributed by atoms with Gasteiger partial charge in [0.15, 0.2) is 5.79 Å². The van der Waals surface area contributed by atoms with Crippen molar-refractivity contribution in [3.63, 3.8) is 0 Å². The fraction of sp³-hybridized carbons (Fsp3) is 0.579. The maximum Gasteiger partial charge on any atom is 0.168 e. The van der Waals surface area contributed by atoms with Crippen molar-refractivity contribution in [2.75, 3.05) is 19.8 Å². The molecule has 1 aromatic rings. The Morgan fingerprint density at radius 1 is 1.21 bits per heavy atom. The van der Waals surface area contributed by atoms with Gasteiger partial charge in [-0.3, -0.25) is 9.11 Å². The van der Waals surface area contributed by atoms with Gasteiger partial charge in [-0.2, -0.15) is 0 Å². The number of nitrogens with zero attached hydrogens (tertiary/aromatic N) is 1. The van der Waals surface area contributed by atoms with Gasteiger partial charge in [0.1, 0.15) is 5.37 Å². The minimum Gasteiger partial charge on any atom is -0.348 e. The van der Waals surface area contributed by atoms with E-state index in [9.17, 15) is 4.21 Å². The highest BCUT2D eigenvalue weighted by molar-refractivity contribution is 7.86. The van der Waals surface area contributed by atoms with E-state index in [2.05, 4.69) is 18.4 Å². The number of benzene rings is 1. The van der Waals surface area contributed by atoms with Gasteiger partial charge >= 0.3 is 0 Å². The maximum atomic E-state index is 13.2. The highest BCUT2D eigenvalue weighted by Crippen LogP contribution is 2.56. The van der Waals surface area contributed by atoms with Crippen molar-refractivity contribution >= 4 is 10.8 Å². The molecule has 0 amide bonds. The Labute approximate surface area is 146 Å². The smallest absolute Gasteiger partial charge is 0.168 e. The number of ether oxygens (including phenoxy) is 2. The second-order valence-electron chi connectivity index (χ2n) is 7.12. The first-order valence-electron chi connectivity index (χ1n) is 8.73. The first kappa shape index (κ1) is 16.5. The number of hydrogen-bond acceptors (Lipinski definition) is 4. The molecular formula is C19H25NO3S. The number of aryl methyl sites for hydroxylation is 1. The van der Waals surface area contributed by atoms with Crippen LogP contribution in [0.5, 0.6) is 0 Å². The Morgan fingerprint density at radius 3 is 2.42 bits per heavy atom. The molecule has 1 aromatic carbocycles. The lowest BCUT2D eigenvalue weighted by atomic mass is 9.84. The molecule has 2 spiro atoms. The molecule has 0 aromatic heterocycles. The van der Waals surface area contributed by atoms with Gasteiger partial charge in [0.25, 0.3) is 0 Å². The lowest BCUT2D eigenvalue weighted by molar-refractivity contribution is -0.181. The Balaban J connectivity index is 1.53. The minimum atomic E-state index is -1.02. The van der Waals surface area contributed by atoms with Crippen LogP contribution in [0.25, 0.3) is 0 Å². The highest BCUT2D eigenvalue weighted by atomic mass is 32.2. The van der Waals surface area contributed by atoms with E-state index in [1.54, 1.807) is 0 Å². The summed E-state index contributed by atoms with van der Waals surface area (Å²) < 4.78 is 24.9. The van der Waals surface area contributed by atoms with Gasteiger partial charge in [0.05, 0.1) is 29.6 Å². The van der Waals surface area contributed by atoms with Gasteiger partial charge in [-0.1, -0.05) is 23.8 Å². The zero-order chi connectivity index (χ0) is 16.8. The predicted octanol–water partition coefficient (Wildman–Crippen LogP) is 2.99. The van der Waals surface area contributed by atoms with Gasteiger partial charge in [0.2, 0.25) is 0 Å². The second kappa shape index (κ2) is 6.06. The third-order valence-corrected chi connectivity index (χ3v) is 7.56. The summed E-state index contributed by atoms with van der Waals surface area (Å²) in [5, 5.41) is 0.0805. The monoisotopic (exact) mass is 347 g/mol. The summed E-state index contributed by atoms with van der Waals surface area (Å²) in [5.74, 6) is -0.371. The SMILES string of the molecule is C=CCN1C(S(=O)c2ccc(C)cc2)C12CCC1(CC2)OCCO1. The third-order valence-electron chi connectivity index (χ3n) is 5.72. The van der Waals surface area contributed by atoms with Crippen molar-refractivity contribution in [3.05, 3.63) is 42.5 Å². The molecule has 2 saturated heterocycles. The van der Waals surface area contributed by atoms with E-state index in [1.807, 2.05) is 30.3 Å². The summed E-state index contributed by atoms with van der Waals surface area (Å²) in [6.07, 6.45) is 5.65. The molecule has 0 radical (unpaired) electrons. The van der Waals surface area contributed by atoms with Crippen molar-refractivity contribution in [1.29, 1.82) is 0 Å². The second-order valence-corrected chi connectivity index (χ2v) is 8.63. The summed E-state index contributed by atoms with van der Waals surface area (Å²) in [6, 6.07) is 8.07. The normalized spacial score (nSPS) is 31.2. The van der Waals surface area contributed by atoms with Crippen molar-refractivity contribution in [1.82, 2.24) is 4.90 Å². The quantitative estimate of drug-likeness (QED) is 0.620. The fourth-order valence-corrected chi connectivity index (χ4v) is 6.22. The fourth-order valence-electron chi connectivity index (χ4n) is 4.32. The number of hydrogen-bond donors (Lipinski definition) is 0. The molecule has 4 rings (SSSR count). The molecule has 130 valence electrons. The largest absolute Gasteiger partial charge is 0.348 e. The van der Waals surface area contributed by atoms with Crippen LogP contribution in [-0.2, 0) is 20.3 Å². The molecule has 3 unspecified atom stereocenters. The van der Waals surface area contributed by atoms with Crippen LogP contribution in [0.2, 0.25) is 0 Å². The molecule has 3 aliphatic rings. The summed E-state index contributed by atoms with van der Waals surface area (Å²) in [4.78, 5) is 3.28. The zero-order valence-corrected chi connectivity index (χ0v) is 15.0. The van der Waals surface area contributed by atoms with E-state index >= 15 is 0 Å². The first-order valence-corrected chi connectivity index (χ1v) is 9.94. The summed E-state index contributed by atoms with van der Waals surface area (Å²) in [5.41, 5.74) is 1.21. The van der Waals surface area contributed by atoms with Crippen LogP contribution in [0.15, 0.2) is 41.8 Å². The molecule has 24 heavy (non-hydrogen) atoms. The summed E-state index contributed by atoms with van der Waals surface area (Å²) in [6.45, 7) is 8.11. The molecule has 0 bridgehead atoms. The third kappa shape index (κ3) is 2.58. The molecule has 3 fully saturated rings. The van der Waals surface area contributed by atoms with Gasteiger partial charge in [0, 0.05) is 24.3 Å². The molecule has 3 atom stereocenters. The lowest BCUT2D eigenvalue weighted by Gasteiger charge is -2.36. The van der Waals surface area contributed by atoms with Crippen molar-refractivity contribution < 1.29 is 13.7 Å². The van der Waals surface area contributed by atoms with E-state index in [0.29, 0.717) is 13.2 Å². The van der Waals surface area contributed by atoms with E-state index in [4.69, 9.17) is 9.47 Å². The molecule has 2 heterocycles. The maximum absolute atomic E-state index is 13.2. The lowest BCUT2D eigenvalue weighted by Crippen LogP contribution is -2.40. The molecular weight excluding hydrogens is 322 g/mol. The average molecular weight is 347 g/mol. The standard InChI is InChI=1S/C19H25NO3S/c1-3-12-20-17(24(21)16-6-4-15(2)5-7-16)18(20)8-10-19(11-9-18)22-13-14-23-19/h3-7,17H,1,8-14H2,2H3. The predicted molar refractivity (Wildman–Crippen MR) is 94.1 cm³/mol. The number of rotatable bonds is 4. The van der Waals surface area contributed by atoms with Gasteiger partial charge in [-0.05, 0) is 31.9 Å². The van der Waals surface area contributed by atoms with Crippen LogP contribution in [0.3, 0.4) is 0 Å². The molecule has 5 heteroatoms. The Bertz CT molecular complexity index is 641. The Hall–Kier alpha value is -1.01. The van der Waals surface area contributed by atoms with E-state index < -0.39 is 10.8 Å². The minimum absolute atomic E-state index is 0.0184. The van der Waals surface area contributed by atoms with Crippen molar-refractivity contribution in [3.8, 4) is 0 Å². The van der Waals surface area contributed by atoms with Crippen molar-refractivity contribution in [2.24, 2.45) is 0 Å². The average Bonchev–Trinajstić information content (AvgIpc) is 2.96. The highest BCUT2D eigenvalue weighted by Gasteiger charge is 2.67. The van der Waals surface area contributed by atoms with Crippen LogP contribution >= 0.6 is 0 Å². The molecule has 4 nitrogen and oxygen atoms in total. The summed E-state index contributed by atoms with van der Waals surface area (Å²) >= 11 is 0. The van der Waals surface area contributed by atoms with Crippen LogP contribution in [0.4, 0.5) is 0 Å². The van der Waals surface area contributed by atoms with Gasteiger partial charge in [-0.15, -0.1) is 6.58 Å². The first-order chi connectivity index (χ1) is 11.6. The van der Waals surface area contributed by atoms with Crippen molar-refractivity contribution in [2.45, 2.75) is 54.2 Å². The Kier molecular flexibility index (Phi) is 4.15. The van der Waals surface area contributed by atoms with Gasteiger partial charge in [-0.25, -0.2) is 0 Å². The topological polar surface area (TPSA) is 38.5 Å². The van der Waals surface area contributed by atoms with Crippen LogP contribution in [0.1, 0.15) is 31.2 Å². The molecule has 2 aliphatic heterocycles. The molecule has 1 aliphatic carbocycles. The van der Waals surface area contributed by atoms with Crippen LogP contribution in [0, 0.1) is 6.92 Å². The molecule has 1 saturated carbocycles. The summed E-state index contributed by atoms with van der Waals surface area (Å²) in [7, 11) is -1.02. The van der Waals surface area contributed by atoms with Crippen LogP contribution in [-0.4, -0.2) is 45.6 Å². The van der Waals surface area contributed by atoms with E-state index in [0.717, 1.165) is 37.1 Å². The van der Waals surface area contributed by atoms with E-state index in [1.165, 1.54) is 5.56 Å². The van der Waals surface area contributed by atoms with Crippen LogP contribution < -0.4 is 0 Å². The zero-order valence-electron chi connectivity index (χ0n) is 14.2. The van der Waals surface area contributed by atoms with E-state index in [-0.39, 0.29) is 16.7 Å². The molecule has 0 N–H and O–H groups in total. The Morgan fingerprint density at radius 2 is 1.83 bits per heavy atom. The van der Waals surface area contributed by atoms with Gasteiger partial charge < -0.3 is 9.47 Å².